The van der Waals surface area contributed by atoms with Gasteiger partial charge in [-0.05, 0) is 88.5 Å². The highest BCUT2D eigenvalue weighted by Crippen LogP contribution is 2.23. The van der Waals surface area contributed by atoms with E-state index in [2.05, 4.69) is 26.3 Å². The SMILES string of the molecule is O=C1COc2ccc(cc2)C[C@H](C(=O)N[C@H](CCc2ccccc2)C(=O)O)CC(=O)[C@H](Cc2ccccc2F)NC(=O)[C@@H](Cc2ccc(-c3ccccc3)cc2)NC(=O)[C@H](Cc2ccncc2)N1. The Bertz CT molecular complexity index is 2670. The standard InChI is InChI=1S/C54H52FN5O8/c55-44-14-8-7-13-41(44)32-46-49(61)33-42(51(63)58-45(54(66)67)24-19-35-9-3-1-4-10-35)29-36-17-22-43(23-18-36)68-34-50(62)57-47(31-38-25-27-56-28-26-38)52(64)60-48(53(65)59-46)30-37-15-20-40(21-16-37)39-11-5-2-6-12-39/h1-18,20-23,25-28,42,45-48H,19,24,29-34H2,(H,57,62)(H,58,63)(H,59,65)(H,60,64)(H,66,67)/t42-,45+,46-,47-,48+/m0/s1. The van der Waals surface area contributed by atoms with Gasteiger partial charge in [0.1, 0.15) is 29.7 Å². The molecule has 5 N–H and O–H groups in total. The first kappa shape index (κ1) is 47.9. The number of carbonyl (C=O) groups excluding carboxylic acids is 5. The van der Waals surface area contributed by atoms with Crippen LogP contribution in [-0.4, -0.2) is 76.2 Å². The lowest BCUT2D eigenvalue weighted by Gasteiger charge is -2.27. The molecule has 2 bridgehead atoms. The molecule has 14 heteroatoms. The number of ether oxygens (including phenoxy) is 1. The highest BCUT2D eigenvalue weighted by molar-refractivity contribution is 5.97. The van der Waals surface area contributed by atoms with Crippen LogP contribution in [0.2, 0.25) is 0 Å². The number of Topliss-reactive ketones (excluding diaryl/α,β-unsaturated/α-hetero) is 1. The van der Waals surface area contributed by atoms with Crippen molar-refractivity contribution in [1.29, 1.82) is 0 Å². The first-order valence-corrected chi connectivity index (χ1v) is 22.5. The molecule has 6 aromatic rings. The van der Waals surface area contributed by atoms with Crippen molar-refractivity contribution >= 4 is 35.4 Å². The summed E-state index contributed by atoms with van der Waals surface area (Å²) in [5.74, 6) is -6.15. The summed E-state index contributed by atoms with van der Waals surface area (Å²) in [5.41, 5.74) is 4.80. The van der Waals surface area contributed by atoms with E-state index in [-0.39, 0.29) is 37.7 Å². The van der Waals surface area contributed by atoms with E-state index in [1.165, 1.54) is 18.2 Å². The van der Waals surface area contributed by atoms with E-state index in [1.807, 2.05) is 84.9 Å². The summed E-state index contributed by atoms with van der Waals surface area (Å²) in [6.45, 7) is -0.464. The lowest BCUT2D eigenvalue weighted by atomic mass is 9.89. The Labute approximate surface area is 393 Å². The van der Waals surface area contributed by atoms with Gasteiger partial charge in [0.15, 0.2) is 12.4 Å². The second-order valence-electron chi connectivity index (χ2n) is 16.8. The number of carboxylic acids is 1. The van der Waals surface area contributed by atoms with Crippen LogP contribution in [0.25, 0.3) is 11.1 Å². The maximum absolute atomic E-state index is 15.4. The maximum atomic E-state index is 15.4. The third-order valence-electron chi connectivity index (χ3n) is 11.8. The number of nitrogens with one attached hydrogen (secondary N) is 4. The monoisotopic (exact) mass is 917 g/mol. The number of halogens is 1. The molecule has 0 unspecified atom stereocenters. The number of benzene rings is 5. The van der Waals surface area contributed by atoms with Crippen LogP contribution >= 0.6 is 0 Å². The number of nitrogens with zero attached hydrogens (tertiary/aromatic N) is 1. The number of aryl methyl sites for hydroxylation is 1. The lowest BCUT2D eigenvalue weighted by Crippen LogP contribution is -2.57. The molecule has 2 aliphatic heterocycles. The van der Waals surface area contributed by atoms with Crippen LogP contribution in [0.4, 0.5) is 4.39 Å². The largest absolute Gasteiger partial charge is 0.484 e. The van der Waals surface area contributed by atoms with E-state index >= 15 is 4.39 Å². The third kappa shape index (κ3) is 13.8. The summed E-state index contributed by atoms with van der Waals surface area (Å²) in [7, 11) is 0. The number of ketones is 1. The van der Waals surface area contributed by atoms with Gasteiger partial charge >= 0.3 is 5.97 Å². The number of aromatic nitrogens is 1. The molecule has 5 atom stereocenters. The number of pyridine rings is 1. The molecule has 0 saturated carbocycles. The molecule has 2 aliphatic rings. The number of amides is 4. The molecule has 0 fully saturated rings. The van der Waals surface area contributed by atoms with Crippen LogP contribution in [0.3, 0.4) is 0 Å². The number of carboxylic acid groups (broad SMARTS) is 1. The van der Waals surface area contributed by atoms with Gasteiger partial charge in [0.05, 0.1) is 6.04 Å². The summed E-state index contributed by atoms with van der Waals surface area (Å²) in [5, 5.41) is 21.2. The molecule has 1 aromatic heterocycles. The molecule has 0 saturated heterocycles. The van der Waals surface area contributed by atoms with E-state index in [9.17, 15) is 33.9 Å². The fourth-order valence-electron chi connectivity index (χ4n) is 8.08. The zero-order valence-electron chi connectivity index (χ0n) is 37.2. The van der Waals surface area contributed by atoms with Crippen molar-refractivity contribution in [2.24, 2.45) is 5.92 Å². The fraction of sp³-hybridized carbons (Fsp3) is 0.241. The van der Waals surface area contributed by atoms with E-state index in [4.69, 9.17) is 4.74 Å². The van der Waals surface area contributed by atoms with Crippen molar-refractivity contribution in [1.82, 2.24) is 26.3 Å². The number of aliphatic carboxylic acids is 1. The Morgan fingerprint density at radius 2 is 1.24 bits per heavy atom. The van der Waals surface area contributed by atoms with E-state index in [1.54, 1.807) is 54.9 Å². The van der Waals surface area contributed by atoms with Crippen LogP contribution in [0.5, 0.6) is 5.75 Å². The topological polar surface area (TPSA) is 193 Å². The van der Waals surface area contributed by atoms with Crippen LogP contribution in [0.1, 0.15) is 40.7 Å². The number of carbonyl (C=O) groups is 6. The van der Waals surface area contributed by atoms with Crippen LogP contribution < -0.4 is 26.0 Å². The van der Waals surface area contributed by atoms with Crippen LogP contribution in [-0.2, 0) is 60.9 Å². The van der Waals surface area contributed by atoms with Gasteiger partial charge in [0, 0.05) is 44.0 Å². The molecular weight excluding hydrogens is 866 g/mol. The predicted molar refractivity (Wildman–Crippen MR) is 253 cm³/mol. The smallest absolute Gasteiger partial charge is 0.326 e. The third-order valence-corrected chi connectivity index (χ3v) is 11.8. The Morgan fingerprint density at radius 3 is 1.90 bits per heavy atom. The highest BCUT2D eigenvalue weighted by Gasteiger charge is 2.34. The Morgan fingerprint density at radius 1 is 0.647 bits per heavy atom. The molecule has 4 amide bonds. The quantitative estimate of drug-likeness (QED) is 0.0894. The molecular formula is C54H52FN5O8. The molecule has 5 aromatic carbocycles. The molecule has 13 nitrogen and oxygen atoms in total. The van der Waals surface area contributed by atoms with Gasteiger partial charge in [-0.25, -0.2) is 9.18 Å². The second-order valence-corrected chi connectivity index (χ2v) is 16.8. The van der Waals surface area contributed by atoms with Crippen molar-refractivity contribution in [3.63, 3.8) is 0 Å². The highest BCUT2D eigenvalue weighted by atomic mass is 19.1. The summed E-state index contributed by atoms with van der Waals surface area (Å²) in [6.07, 6.45) is 2.71. The lowest BCUT2D eigenvalue weighted by molar-refractivity contribution is -0.143. The normalized spacial score (nSPS) is 18.6. The minimum Gasteiger partial charge on any atom is -0.484 e. The Hall–Kier alpha value is -8.00. The number of fused-ring (bicyclic) bond motifs is 16. The first-order chi connectivity index (χ1) is 33.0. The second kappa shape index (κ2) is 23.4. The molecule has 348 valence electrons. The number of hydrogen-bond acceptors (Lipinski definition) is 8. The summed E-state index contributed by atoms with van der Waals surface area (Å²) >= 11 is 0. The minimum atomic E-state index is -1.41. The minimum absolute atomic E-state index is 0.0295. The number of rotatable bonds is 13. The van der Waals surface area contributed by atoms with Gasteiger partial charge in [0.2, 0.25) is 17.7 Å². The Balaban J connectivity index is 1.23. The molecule has 3 heterocycles. The van der Waals surface area contributed by atoms with Gasteiger partial charge in [-0.15, -0.1) is 0 Å². The van der Waals surface area contributed by atoms with Crippen molar-refractivity contribution in [3.05, 3.63) is 192 Å². The average Bonchev–Trinajstić information content (AvgIpc) is 3.35. The van der Waals surface area contributed by atoms with E-state index in [0.717, 1.165) is 16.7 Å². The summed E-state index contributed by atoms with van der Waals surface area (Å²) < 4.78 is 21.2. The zero-order valence-corrected chi connectivity index (χ0v) is 37.2. The predicted octanol–water partition coefficient (Wildman–Crippen LogP) is 5.78. The maximum Gasteiger partial charge on any atom is 0.326 e. The number of hydrogen-bond donors (Lipinski definition) is 5. The molecule has 0 spiro atoms. The van der Waals surface area contributed by atoms with Crippen LogP contribution in [0.15, 0.2) is 158 Å². The molecule has 0 radical (unpaired) electrons. The van der Waals surface area contributed by atoms with Crippen LogP contribution in [0, 0.1) is 11.7 Å². The van der Waals surface area contributed by atoms with Gasteiger partial charge in [0.25, 0.3) is 5.91 Å². The molecule has 8 rings (SSSR count). The van der Waals surface area contributed by atoms with Gasteiger partial charge < -0.3 is 31.1 Å². The first-order valence-electron chi connectivity index (χ1n) is 22.5. The van der Waals surface area contributed by atoms with Gasteiger partial charge in [-0.2, -0.15) is 0 Å². The summed E-state index contributed by atoms with van der Waals surface area (Å²) in [6, 6.07) is 36.8. The Kier molecular flexibility index (Phi) is 16.5. The fourth-order valence-corrected chi connectivity index (χ4v) is 8.08. The molecule has 68 heavy (non-hydrogen) atoms. The van der Waals surface area contributed by atoms with E-state index < -0.39 is 84.3 Å². The van der Waals surface area contributed by atoms with Gasteiger partial charge in [-0.1, -0.05) is 115 Å². The average molecular weight is 918 g/mol. The van der Waals surface area contributed by atoms with Crippen molar-refractivity contribution in [2.75, 3.05) is 6.61 Å². The van der Waals surface area contributed by atoms with Crippen molar-refractivity contribution < 1.29 is 43.0 Å². The zero-order chi connectivity index (χ0) is 47.8. The molecule has 0 aliphatic carbocycles. The van der Waals surface area contributed by atoms with E-state index in [0.29, 0.717) is 28.9 Å². The van der Waals surface area contributed by atoms with Gasteiger partial charge in [-0.3, -0.25) is 29.0 Å². The summed E-state index contributed by atoms with van der Waals surface area (Å²) in [4.78, 5) is 88.1. The van der Waals surface area contributed by atoms with Crippen molar-refractivity contribution in [2.45, 2.75) is 69.1 Å². The van der Waals surface area contributed by atoms with Crippen molar-refractivity contribution in [3.8, 4) is 16.9 Å².